The summed E-state index contributed by atoms with van der Waals surface area (Å²) in [6, 6.07) is 7.35. The van der Waals surface area contributed by atoms with E-state index >= 15 is 0 Å². The van der Waals surface area contributed by atoms with Gasteiger partial charge < -0.3 is 19.9 Å². The molecule has 1 rings (SSSR count). The number of likely N-dealkylation sites (N-methyl/N-ethyl adjacent to an activating group) is 1. The van der Waals surface area contributed by atoms with Crippen molar-refractivity contribution in [3.05, 3.63) is 35.4 Å². The van der Waals surface area contributed by atoms with Crippen molar-refractivity contribution in [3.8, 4) is 0 Å². The average molecular weight is 420 g/mol. The molecule has 0 atom stereocenters. The summed E-state index contributed by atoms with van der Waals surface area (Å²) in [6.45, 7) is 12.3. The summed E-state index contributed by atoms with van der Waals surface area (Å²) in [4.78, 5) is 40.6. The van der Waals surface area contributed by atoms with E-state index in [0.717, 1.165) is 5.56 Å². The Hall–Kier alpha value is -2.41. The van der Waals surface area contributed by atoms with Crippen molar-refractivity contribution >= 4 is 17.8 Å². The molecule has 0 fully saturated rings. The van der Waals surface area contributed by atoms with Gasteiger partial charge in [0.25, 0.3) is 5.91 Å². The van der Waals surface area contributed by atoms with Crippen molar-refractivity contribution < 1.29 is 19.1 Å². The fraction of sp³-hybridized carbons (Fsp3) is 0.609. The van der Waals surface area contributed by atoms with Gasteiger partial charge in [0, 0.05) is 18.7 Å². The minimum atomic E-state index is -0.624. The van der Waals surface area contributed by atoms with Crippen molar-refractivity contribution in [2.45, 2.75) is 52.6 Å². The first-order valence-electron chi connectivity index (χ1n) is 10.2. The number of esters is 1. The first-order valence-corrected chi connectivity index (χ1v) is 10.2. The monoisotopic (exact) mass is 419 g/mol. The quantitative estimate of drug-likeness (QED) is 0.655. The van der Waals surface area contributed by atoms with Crippen molar-refractivity contribution in [2.75, 3.05) is 40.3 Å². The van der Waals surface area contributed by atoms with Crippen molar-refractivity contribution in [2.24, 2.45) is 0 Å². The number of benzene rings is 1. The first kappa shape index (κ1) is 25.6. The lowest BCUT2D eigenvalue weighted by atomic mass is 9.87. The minimum absolute atomic E-state index is 0.000422. The molecule has 1 aromatic rings. The van der Waals surface area contributed by atoms with Gasteiger partial charge in [-0.2, -0.15) is 0 Å². The molecular weight excluding hydrogens is 382 g/mol. The molecule has 0 saturated heterocycles. The van der Waals surface area contributed by atoms with Crippen molar-refractivity contribution in [3.63, 3.8) is 0 Å². The largest absolute Gasteiger partial charge is 0.459 e. The Balaban J connectivity index is 2.73. The lowest BCUT2D eigenvalue weighted by molar-refractivity contribution is -0.158. The number of nitrogens with zero attached hydrogens (tertiary/aromatic N) is 2. The van der Waals surface area contributed by atoms with Crippen molar-refractivity contribution in [1.82, 2.24) is 15.1 Å². The van der Waals surface area contributed by atoms with Crippen LogP contribution in [-0.2, 0) is 19.7 Å². The third-order valence-corrected chi connectivity index (χ3v) is 4.32. The second kappa shape index (κ2) is 10.6. The first-order chi connectivity index (χ1) is 13.7. The standard InChI is InChI=1S/C23H37N3O4/c1-22(2,3)18-11-9-17(10-12-18)21(29)24-15-19(27)26(14-13-25(7)8)16-20(28)30-23(4,5)6/h9-12H,13-16H2,1-8H3,(H,24,29). The van der Waals surface area contributed by atoms with E-state index in [1.807, 2.05) is 31.1 Å². The summed E-state index contributed by atoms with van der Waals surface area (Å²) in [5.41, 5.74) is 0.991. The molecule has 0 saturated carbocycles. The summed E-state index contributed by atoms with van der Waals surface area (Å²) < 4.78 is 5.32. The molecule has 30 heavy (non-hydrogen) atoms. The van der Waals surface area contributed by atoms with Crippen LogP contribution in [0.2, 0.25) is 0 Å². The molecule has 0 aliphatic rings. The Labute approximate surface area is 180 Å². The highest BCUT2D eigenvalue weighted by Crippen LogP contribution is 2.22. The molecule has 0 aliphatic heterocycles. The number of nitrogens with one attached hydrogen (secondary N) is 1. The molecular formula is C23H37N3O4. The molecule has 0 bridgehead atoms. The third-order valence-electron chi connectivity index (χ3n) is 4.32. The maximum Gasteiger partial charge on any atom is 0.326 e. The lowest BCUT2D eigenvalue weighted by Gasteiger charge is -2.26. The maximum absolute atomic E-state index is 12.7. The molecule has 1 aromatic carbocycles. The molecule has 7 heteroatoms. The summed E-state index contributed by atoms with van der Waals surface area (Å²) >= 11 is 0. The zero-order valence-electron chi connectivity index (χ0n) is 19.7. The SMILES string of the molecule is CN(C)CCN(CC(=O)OC(C)(C)C)C(=O)CNC(=O)c1ccc(C(C)(C)C)cc1. The summed E-state index contributed by atoms with van der Waals surface area (Å²) in [7, 11) is 3.78. The Morgan fingerprint density at radius 3 is 1.97 bits per heavy atom. The van der Waals surface area contributed by atoms with Crippen LogP contribution in [0, 0.1) is 0 Å². The zero-order chi connectivity index (χ0) is 23.1. The second-order valence-corrected chi connectivity index (χ2v) is 9.72. The van der Waals surface area contributed by atoms with Crippen LogP contribution < -0.4 is 5.32 Å². The molecule has 2 amide bonds. The van der Waals surface area contributed by atoms with Crippen LogP contribution in [0.1, 0.15) is 57.5 Å². The molecule has 0 unspecified atom stereocenters. The molecule has 0 spiro atoms. The van der Waals surface area contributed by atoms with Crippen LogP contribution in [0.3, 0.4) is 0 Å². The van der Waals surface area contributed by atoms with Gasteiger partial charge in [-0.25, -0.2) is 0 Å². The Kier molecular flexibility index (Phi) is 9.03. The van der Waals surface area contributed by atoms with Gasteiger partial charge >= 0.3 is 5.97 Å². The molecule has 1 N–H and O–H groups in total. The van der Waals surface area contributed by atoms with Crippen LogP contribution in [-0.4, -0.2) is 73.5 Å². The summed E-state index contributed by atoms with van der Waals surface area (Å²) in [6.07, 6.45) is 0. The predicted molar refractivity (Wildman–Crippen MR) is 118 cm³/mol. The number of carbonyl (C=O) groups is 3. The van der Waals surface area contributed by atoms with Gasteiger partial charge in [-0.3, -0.25) is 14.4 Å². The van der Waals surface area contributed by atoms with Crippen LogP contribution in [0.25, 0.3) is 0 Å². The van der Waals surface area contributed by atoms with Crippen LogP contribution >= 0.6 is 0 Å². The molecule has 0 radical (unpaired) electrons. The fourth-order valence-corrected chi connectivity index (χ4v) is 2.63. The van der Waals surface area contributed by atoms with E-state index in [4.69, 9.17) is 4.74 Å². The smallest absolute Gasteiger partial charge is 0.326 e. The summed E-state index contributed by atoms with van der Waals surface area (Å²) in [5.74, 6) is -1.13. The summed E-state index contributed by atoms with van der Waals surface area (Å²) in [5, 5.41) is 2.65. The topological polar surface area (TPSA) is 79.0 Å². The highest BCUT2D eigenvalue weighted by molar-refractivity contribution is 5.96. The van der Waals surface area contributed by atoms with Crippen LogP contribution in [0.15, 0.2) is 24.3 Å². The second-order valence-electron chi connectivity index (χ2n) is 9.72. The lowest BCUT2D eigenvalue weighted by Crippen LogP contribution is -2.46. The maximum atomic E-state index is 12.7. The van der Waals surface area contributed by atoms with Crippen LogP contribution in [0.4, 0.5) is 0 Å². The highest BCUT2D eigenvalue weighted by Gasteiger charge is 2.23. The van der Waals surface area contributed by atoms with E-state index in [0.29, 0.717) is 18.7 Å². The molecule has 7 nitrogen and oxygen atoms in total. The van der Waals surface area contributed by atoms with Gasteiger partial charge in [-0.05, 0) is 58.0 Å². The average Bonchev–Trinajstić information content (AvgIpc) is 2.60. The predicted octanol–water partition coefficient (Wildman–Crippen LogP) is 2.45. The van der Waals surface area contributed by atoms with Crippen molar-refractivity contribution in [1.29, 1.82) is 0 Å². The van der Waals surface area contributed by atoms with Gasteiger partial charge in [0.05, 0.1) is 6.54 Å². The Morgan fingerprint density at radius 2 is 1.50 bits per heavy atom. The normalized spacial score (nSPS) is 11.9. The van der Waals surface area contributed by atoms with E-state index in [9.17, 15) is 14.4 Å². The zero-order valence-corrected chi connectivity index (χ0v) is 19.7. The fourth-order valence-electron chi connectivity index (χ4n) is 2.63. The minimum Gasteiger partial charge on any atom is -0.459 e. The van der Waals surface area contributed by atoms with Crippen LogP contribution in [0.5, 0.6) is 0 Å². The van der Waals surface area contributed by atoms with E-state index in [-0.39, 0.29) is 30.3 Å². The Morgan fingerprint density at radius 1 is 0.933 bits per heavy atom. The van der Waals surface area contributed by atoms with Gasteiger partial charge in [-0.1, -0.05) is 32.9 Å². The van der Waals surface area contributed by atoms with Gasteiger partial charge in [0.1, 0.15) is 12.1 Å². The Bertz CT molecular complexity index is 728. The molecule has 0 heterocycles. The number of rotatable bonds is 8. The van der Waals surface area contributed by atoms with E-state index < -0.39 is 11.6 Å². The number of hydrogen-bond acceptors (Lipinski definition) is 5. The highest BCUT2D eigenvalue weighted by atomic mass is 16.6. The number of ether oxygens (including phenoxy) is 1. The number of carbonyl (C=O) groups excluding carboxylic acids is 3. The number of amides is 2. The molecule has 0 aromatic heterocycles. The third kappa shape index (κ3) is 9.39. The van der Waals surface area contributed by atoms with Gasteiger partial charge in [-0.15, -0.1) is 0 Å². The number of hydrogen-bond donors (Lipinski definition) is 1. The van der Waals surface area contributed by atoms with E-state index in [1.54, 1.807) is 32.9 Å². The van der Waals surface area contributed by atoms with E-state index in [1.165, 1.54) is 4.90 Å². The van der Waals surface area contributed by atoms with Gasteiger partial charge in [0.15, 0.2) is 0 Å². The molecule has 168 valence electrons. The molecule has 0 aliphatic carbocycles. The van der Waals surface area contributed by atoms with Gasteiger partial charge in [0.2, 0.25) is 5.91 Å². The van der Waals surface area contributed by atoms with E-state index in [2.05, 4.69) is 26.1 Å².